The van der Waals surface area contributed by atoms with Crippen LogP contribution in [0.5, 0.6) is 0 Å². The first-order valence-electron chi connectivity index (χ1n) is 24.3. The van der Waals surface area contributed by atoms with Crippen LogP contribution in [-0.4, -0.2) is 24.1 Å². The Hall–Kier alpha value is -10.6. The van der Waals surface area contributed by atoms with Gasteiger partial charge in [-0.3, -0.25) is 0 Å². The van der Waals surface area contributed by atoms with E-state index in [1.165, 1.54) is 0 Å². The zero-order chi connectivity index (χ0) is 49.0. The van der Waals surface area contributed by atoms with Crippen molar-refractivity contribution in [3.05, 3.63) is 223 Å². The predicted octanol–water partition coefficient (Wildman–Crippen LogP) is 16.3. The molecule has 0 N–H and O–H groups in total. The first-order valence-corrected chi connectivity index (χ1v) is 24.3. The molecule has 0 aliphatic rings. The zero-order valence-electron chi connectivity index (χ0n) is 39.2. The lowest BCUT2D eigenvalue weighted by molar-refractivity contribution is 0.672. The molecule has 0 radical (unpaired) electrons. The normalized spacial score (nSPS) is 11.8. The molecule has 0 saturated heterocycles. The maximum absolute atomic E-state index is 11.2. The summed E-state index contributed by atoms with van der Waals surface area (Å²) in [4.78, 5) is 16.3. The van der Waals surface area contributed by atoms with Gasteiger partial charge in [-0.1, -0.05) is 140 Å². The van der Waals surface area contributed by atoms with E-state index >= 15 is 0 Å². The fraction of sp³-hybridized carbons (Fsp3) is 0. The lowest BCUT2D eigenvalue weighted by Gasteiger charge is -2.19. The average molecular weight is 946 g/mol. The third-order valence-corrected chi connectivity index (χ3v) is 14.5. The van der Waals surface area contributed by atoms with Crippen molar-refractivity contribution >= 4 is 87.5 Å². The number of nitriles is 2. The van der Waals surface area contributed by atoms with Crippen LogP contribution < -0.4 is 0 Å². The van der Waals surface area contributed by atoms with Crippen LogP contribution in [0.3, 0.4) is 0 Å². The molecular weight excluding hydrogens is 911 g/mol. The Balaban J connectivity index is 1.06. The van der Waals surface area contributed by atoms with Crippen molar-refractivity contribution in [2.24, 2.45) is 0 Å². The Morgan fingerprint density at radius 2 is 0.797 bits per heavy atom. The number of para-hydroxylation sites is 4. The highest BCUT2D eigenvalue weighted by Gasteiger charge is 2.28. The fourth-order valence-electron chi connectivity index (χ4n) is 11.4. The molecule has 0 aliphatic heterocycles. The topological polar surface area (TPSA) is 122 Å². The SMILES string of the molecule is N#Cc1ccccc1-c1cccc(-n2c3ccccc3c3c4oc5ccccc5c4ccc32)c1-c1nc(-c2ccccc2)nc(-c2c(C#N)cccc2-n2c3ccccc3c3c4oc5ccccc5c4ccc32)n1. The van der Waals surface area contributed by atoms with Crippen LogP contribution >= 0.6 is 0 Å². The second kappa shape index (κ2) is 16.0. The smallest absolute Gasteiger partial charge is 0.167 e. The number of rotatable bonds is 6. The third-order valence-electron chi connectivity index (χ3n) is 14.5. The van der Waals surface area contributed by atoms with Crippen molar-refractivity contribution in [1.29, 1.82) is 10.5 Å². The van der Waals surface area contributed by atoms with Crippen LogP contribution in [0.25, 0.3) is 144 Å². The maximum atomic E-state index is 11.2. The molecule has 0 saturated carbocycles. The molecule has 5 aromatic heterocycles. The minimum atomic E-state index is 0.303. The van der Waals surface area contributed by atoms with Crippen molar-refractivity contribution in [2.75, 3.05) is 0 Å². The summed E-state index contributed by atoms with van der Waals surface area (Å²) in [7, 11) is 0. The van der Waals surface area contributed by atoms with Crippen LogP contribution in [0.4, 0.5) is 0 Å². The molecule has 0 spiro atoms. The van der Waals surface area contributed by atoms with Crippen molar-refractivity contribution in [3.63, 3.8) is 0 Å². The Bertz CT molecular complexity index is 4950. The van der Waals surface area contributed by atoms with Gasteiger partial charge in [-0.2, -0.15) is 10.5 Å². The van der Waals surface area contributed by atoms with E-state index in [0.29, 0.717) is 45.4 Å². The van der Waals surface area contributed by atoms with Crippen LogP contribution in [0.2, 0.25) is 0 Å². The van der Waals surface area contributed by atoms with Gasteiger partial charge in [-0.25, -0.2) is 15.0 Å². The van der Waals surface area contributed by atoms with Gasteiger partial charge in [0.15, 0.2) is 17.5 Å². The molecule has 0 aliphatic carbocycles. The molecular formula is C65H35N7O2. The van der Waals surface area contributed by atoms with Crippen molar-refractivity contribution in [1.82, 2.24) is 24.1 Å². The zero-order valence-corrected chi connectivity index (χ0v) is 39.2. The van der Waals surface area contributed by atoms with Gasteiger partial charge in [0, 0.05) is 43.4 Å². The van der Waals surface area contributed by atoms with E-state index in [4.69, 9.17) is 23.8 Å². The quantitative estimate of drug-likeness (QED) is 0.163. The summed E-state index contributed by atoms with van der Waals surface area (Å²) in [6.07, 6.45) is 0. The minimum Gasteiger partial charge on any atom is -0.455 e. The summed E-state index contributed by atoms with van der Waals surface area (Å²) in [5.74, 6) is 1.07. The van der Waals surface area contributed by atoms with Gasteiger partial charge in [0.05, 0.1) is 78.6 Å². The predicted molar refractivity (Wildman–Crippen MR) is 294 cm³/mol. The molecule has 10 aromatic carbocycles. The van der Waals surface area contributed by atoms with Crippen molar-refractivity contribution in [3.8, 4) is 68.8 Å². The highest BCUT2D eigenvalue weighted by molar-refractivity contribution is 6.25. The molecule has 342 valence electrons. The molecule has 9 heteroatoms. The average Bonchev–Trinajstić information content (AvgIpc) is 4.23. The Labute approximate surface area is 421 Å². The standard InChI is InChI=1S/C65H35N7O2/c66-36-39-18-4-5-20-41(39)44-25-15-29-52(72-50-27-11-7-24-48(50)59-54(72)35-33-46-43-22-9-13-31-56(43)74-62(46)59)60(44)65-69-63(38-16-2-1-3-17-38)68-64(70-65)57-40(37-67)19-14-28-51(57)71-49-26-10-6-23-47(49)58-53(71)34-32-45-42-21-8-12-30-55(42)73-61(45)58/h1-35H. The van der Waals surface area contributed by atoms with Crippen LogP contribution in [0, 0.1) is 22.7 Å². The molecule has 5 heterocycles. The third kappa shape index (κ3) is 5.92. The highest BCUT2D eigenvalue weighted by atomic mass is 16.3. The molecule has 0 fully saturated rings. The summed E-state index contributed by atoms with van der Waals surface area (Å²) in [5, 5.41) is 30.0. The van der Waals surface area contributed by atoms with Gasteiger partial charge < -0.3 is 18.0 Å². The van der Waals surface area contributed by atoms with E-state index in [9.17, 15) is 10.5 Å². The monoisotopic (exact) mass is 945 g/mol. The van der Waals surface area contributed by atoms with Gasteiger partial charge in [0.25, 0.3) is 0 Å². The van der Waals surface area contributed by atoms with Crippen LogP contribution in [0.1, 0.15) is 11.1 Å². The number of fused-ring (bicyclic) bond motifs is 14. The molecule has 0 bridgehead atoms. The number of hydrogen-bond acceptors (Lipinski definition) is 7. The molecule has 0 unspecified atom stereocenters. The van der Waals surface area contributed by atoms with Crippen molar-refractivity contribution in [2.45, 2.75) is 0 Å². The van der Waals surface area contributed by atoms with E-state index in [1.807, 2.05) is 140 Å². The van der Waals surface area contributed by atoms with E-state index in [1.54, 1.807) is 0 Å². The fourth-order valence-corrected chi connectivity index (χ4v) is 11.4. The number of hydrogen-bond donors (Lipinski definition) is 0. The summed E-state index contributed by atoms with van der Waals surface area (Å²) < 4.78 is 17.9. The number of aromatic nitrogens is 5. The van der Waals surface area contributed by atoms with Crippen LogP contribution in [0.15, 0.2) is 221 Å². The molecule has 0 amide bonds. The van der Waals surface area contributed by atoms with E-state index in [0.717, 1.165) is 110 Å². The second-order valence-corrected chi connectivity index (χ2v) is 18.4. The van der Waals surface area contributed by atoms with E-state index < -0.39 is 0 Å². The van der Waals surface area contributed by atoms with E-state index in [2.05, 4.69) is 94.1 Å². The second-order valence-electron chi connectivity index (χ2n) is 18.4. The number of nitrogens with zero attached hydrogens (tertiary/aromatic N) is 7. The molecule has 9 nitrogen and oxygen atoms in total. The molecule has 0 atom stereocenters. The Morgan fingerprint density at radius 1 is 0.338 bits per heavy atom. The lowest BCUT2D eigenvalue weighted by Crippen LogP contribution is -2.07. The summed E-state index contributed by atoms with van der Waals surface area (Å²) in [6.45, 7) is 0. The molecule has 15 aromatic rings. The Kier molecular flexibility index (Phi) is 8.88. The highest BCUT2D eigenvalue weighted by Crippen LogP contribution is 2.46. The van der Waals surface area contributed by atoms with E-state index in [-0.39, 0.29) is 0 Å². The van der Waals surface area contributed by atoms with Crippen molar-refractivity contribution < 1.29 is 8.83 Å². The summed E-state index contributed by atoms with van der Waals surface area (Å²) in [6, 6.07) is 75.8. The van der Waals surface area contributed by atoms with Gasteiger partial charge in [0.2, 0.25) is 0 Å². The lowest BCUT2D eigenvalue weighted by atomic mass is 9.93. The number of furan rings is 2. The number of benzene rings is 10. The first kappa shape index (κ1) is 41.2. The first-order chi connectivity index (χ1) is 36.6. The minimum absolute atomic E-state index is 0.303. The van der Waals surface area contributed by atoms with Crippen LogP contribution in [-0.2, 0) is 0 Å². The Morgan fingerprint density at radius 3 is 1.41 bits per heavy atom. The van der Waals surface area contributed by atoms with Gasteiger partial charge in [-0.15, -0.1) is 0 Å². The summed E-state index contributed by atoms with van der Waals surface area (Å²) in [5.41, 5.74) is 12.7. The van der Waals surface area contributed by atoms with Gasteiger partial charge >= 0.3 is 0 Å². The largest absolute Gasteiger partial charge is 0.455 e. The molecule has 15 rings (SSSR count). The van der Waals surface area contributed by atoms with Gasteiger partial charge in [-0.05, 0) is 78.4 Å². The maximum Gasteiger partial charge on any atom is 0.167 e. The summed E-state index contributed by atoms with van der Waals surface area (Å²) >= 11 is 0. The van der Waals surface area contributed by atoms with Gasteiger partial charge in [0.1, 0.15) is 22.3 Å². The molecule has 74 heavy (non-hydrogen) atoms.